The number of hydrogen-bond donors (Lipinski definition) is 3. The summed E-state index contributed by atoms with van der Waals surface area (Å²) in [6.45, 7) is 4.15. The monoisotopic (exact) mass is 464 g/mol. The first-order valence-electron chi connectivity index (χ1n) is 8.42. The van der Waals surface area contributed by atoms with E-state index in [1.807, 2.05) is 0 Å². The highest BCUT2D eigenvalue weighted by molar-refractivity contribution is 7.53. The second kappa shape index (κ2) is 11.3. The van der Waals surface area contributed by atoms with Gasteiger partial charge in [-0.1, -0.05) is 0 Å². The maximum absolute atomic E-state index is 13.1. The molecule has 0 spiro atoms. The van der Waals surface area contributed by atoms with Gasteiger partial charge in [-0.15, -0.1) is 0 Å². The maximum Gasteiger partial charge on any atom is 0.336 e. The third-order valence-electron chi connectivity index (χ3n) is 3.82. The Hall–Kier alpha value is -0.210. The van der Waals surface area contributed by atoms with Crippen LogP contribution in [0.5, 0.6) is 0 Å². The van der Waals surface area contributed by atoms with Gasteiger partial charge in [0.15, 0.2) is 0 Å². The fourth-order valence-corrected chi connectivity index (χ4v) is 4.82. The molecule has 9 atom stereocenters. The fourth-order valence-electron chi connectivity index (χ4n) is 2.61. The number of aliphatic hydroxyl groups excluding tert-OH is 3. The van der Waals surface area contributed by atoms with E-state index in [9.17, 15) is 29.5 Å². The second-order valence-electron chi connectivity index (χ2n) is 6.19. The number of ether oxygens (including phenoxy) is 3. The Morgan fingerprint density at radius 2 is 1.46 bits per heavy atom. The minimum atomic E-state index is -4.00. The van der Waals surface area contributed by atoms with Gasteiger partial charge in [0, 0.05) is 0 Å². The Morgan fingerprint density at radius 1 is 1.00 bits per heavy atom. The molecule has 0 aromatic carbocycles. The van der Waals surface area contributed by atoms with Gasteiger partial charge in [-0.3, -0.25) is 13.6 Å². The van der Waals surface area contributed by atoms with Gasteiger partial charge in [-0.25, -0.2) is 9.59 Å². The van der Waals surface area contributed by atoms with E-state index in [-0.39, 0.29) is 12.6 Å². The van der Waals surface area contributed by atoms with Crippen molar-refractivity contribution in [1.82, 2.24) is 0 Å². The van der Waals surface area contributed by atoms with Crippen LogP contribution in [0.1, 0.15) is 27.2 Å². The summed E-state index contributed by atoms with van der Waals surface area (Å²) in [7, 11) is -0.466. The largest absolute Gasteiger partial charge is 0.433 e. The molecule has 164 valence electrons. The van der Waals surface area contributed by atoms with Crippen molar-refractivity contribution in [2.75, 3.05) is 6.16 Å². The summed E-state index contributed by atoms with van der Waals surface area (Å²) in [4.78, 5) is 22.0. The first-order valence-corrected chi connectivity index (χ1v) is 11.3. The summed E-state index contributed by atoms with van der Waals surface area (Å²) in [5, 5.41) is 29.7. The molecular weight excluding hydrogens is 437 g/mol. The SMILES string of the molecule is CC(OC(=O)P)OP(=O)(CC[C@H]1O[C@H](C)[C@@H](O)[C@@H](O)[C@@H]1O)OC(C)OC(=O)P. The molecule has 1 fully saturated rings. The molecule has 1 heterocycles. The smallest absolute Gasteiger partial charge is 0.336 e. The predicted octanol–water partition coefficient (Wildman–Crippen LogP) is 1.19. The highest BCUT2D eigenvalue weighted by Crippen LogP contribution is 2.52. The molecular formula is C14H27O11P3. The number of aliphatic hydroxyl groups is 3. The van der Waals surface area contributed by atoms with Crippen molar-refractivity contribution < 1.29 is 52.7 Å². The molecule has 1 aliphatic rings. The van der Waals surface area contributed by atoms with Crippen molar-refractivity contribution in [1.29, 1.82) is 0 Å². The quantitative estimate of drug-likeness (QED) is 0.332. The van der Waals surface area contributed by atoms with Crippen LogP contribution < -0.4 is 0 Å². The average molecular weight is 464 g/mol. The number of rotatable bonds is 9. The zero-order valence-electron chi connectivity index (χ0n) is 15.7. The van der Waals surface area contributed by atoms with E-state index >= 15 is 0 Å². The summed E-state index contributed by atoms with van der Waals surface area (Å²) in [6.07, 6.45) is -8.75. The van der Waals surface area contributed by atoms with Crippen LogP contribution in [0.15, 0.2) is 0 Å². The van der Waals surface area contributed by atoms with Gasteiger partial charge < -0.3 is 29.5 Å². The van der Waals surface area contributed by atoms with Crippen molar-refractivity contribution >= 4 is 37.5 Å². The minimum absolute atomic E-state index is 0.0877. The van der Waals surface area contributed by atoms with Crippen LogP contribution in [0, 0.1) is 0 Å². The van der Waals surface area contributed by atoms with Crippen LogP contribution in [-0.4, -0.2) is 76.0 Å². The van der Waals surface area contributed by atoms with Crippen LogP contribution in [0.25, 0.3) is 0 Å². The zero-order valence-corrected chi connectivity index (χ0v) is 18.9. The molecule has 28 heavy (non-hydrogen) atoms. The van der Waals surface area contributed by atoms with Gasteiger partial charge in [0.1, 0.15) is 18.3 Å². The Labute approximate surface area is 167 Å². The normalized spacial score (nSPS) is 32.1. The molecule has 0 bridgehead atoms. The average Bonchev–Trinajstić information content (AvgIpc) is 2.53. The van der Waals surface area contributed by atoms with Gasteiger partial charge in [0.2, 0.25) is 12.6 Å². The lowest BCUT2D eigenvalue weighted by Gasteiger charge is -2.39. The van der Waals surface area contributed by atoms with Gasteiger partial charge in [-0.2, -0.15) is 0 Å². The lowest BCUT2D eigenvalue weighted by atomic mass is 9.94. The van der Waals surface area contributed by atoms with Gasteiger partial charge in [0.05, 0.1) is 18.4 Å². The maximum atomic E-state index is 13.1. The number of hydrogen-bond acceptors (Lipinski definition) is 11. The first-order chi connectivity index (χ1) is 12.8. The van der Waals surface area contributed by atoms with Crippen molar-refractivity contribution in [2.24, 2.45) is 0 Å². The van der Waals surface area contributed by atoms with E-state index < -0.39 is 62.1 Å². The van der Waals surface area contributed by atoms with Crippen molar-refractivity contribution in [3.8, 4) is 0 Å². The standard InChI is InChI=1S/C14H27O11P3/c1-6-10(15)12(17)11(16)9(21-6)4-5-28(20,24-7(2)22-13(18)26)25-8(3)23-14(19)27/h6-12,15-17H,4-5,26-27H2,1-3H3/t6-,7?,8?,9-,10-,11-,12-,28?/m1/s1. The van der Waals surface area contributed by atoms with Crippen LogP contribution in [-0.2, 0) is 27.8 Å². The predicted molar refractivity (Wildman–Crippen MR) is 103 cm³/mol. The van der Waals surface area contributed by atoms with E-state index in [0.29, 0.717) is 0 Å². The Morgan fingerprint density at radius 3 is 1.89 bits per heavy atom. The molecule has 0 radical (unpaired) electrons. The second-order valence-corrected chi connectivity index (χ2v) is 9.23. The van der Waals surface area contributed by atoms with Crippen LogP contribution in [0.3, 0.4) is 0 Å². The molecule has 11 nitrogen and oxygen atoms in total. The van der Waals surface area contributed by atoms with Crippen LogP contribution >= 0.6 is 26.1 Å². The van der Waals surface area contributed by atoms with E-state index in [1.165, 1.54) is 20.8 Å². The highest BCUT2D eigenvalue weighted by Gasteiger charge is 2.43. The molecule has 0 saturated carbocycles. The molecule has 0 aliphatic carbocycles. The molecule has 0 aromatic rings. The zero-order chi connectivity index (χ0) is 21.6. The van der Waals surface area contributed by atoms with Gasteiger partial charge >= 0.3 is 19.0 Å². The molecule has 4 unspecified atom stereocenters. The lowest BCUT2D eigenvalue weighted by molar-refractivity contribution is -0.217. The Bertz CT molecular complexity index is 561. The van der Waals surface area contributed by atoms with Crippen LogP contribution in [0.4, 0.5) is 9.59 Å². The highest BCUT2D eigenvalue weighted by atomic mass is 31.2. The van der Waals surface area contributed by atoms with E-state index in [1.54, 1.807) is 18.5 Å². The molecule has 1 aliphatic heterocycles. The van der Waals surface area contributed by atoms with Crippen molar-refractivity contribution in [3.05, 3.63) is 0 Å². The Kier molecular flexibility index (Phi) is 10.4. The summed E-state index contributed by atoms with van der Waals surface area (Å²) in [5.41, 5.74) is -1.50. The lowest BCUT2D eigenvalue weighted by Crippen LogP contribution is -2.56. The fraction of sp³-hybridized carbons (Fsp3) is 0.857. The van der Waals surface area contributed by atoms with E-state index in [4.69, 9.17) is 23.3 Å². The molecule has 14 heteroatoms. The van der Waals surface area contributed by atoms with E-state index in [0.717, 1.165) is 0 Å². The molecule has 3 N–H and O–H groups in total. The van der Waals surface area contributed by atoms with Crippen molar-refractivity contribution in [2.45, 2.75) is 70.3 Å². The summed E-state index contributed by atoms with van der Waals surface area (Å²) >= 11 is 0. The molecule has 1 rings (SSSR count). The third kappa shape index (κ3) is 8.27. The first kappa shape index (κ1) is 25.8. The van der Waals surface area contributed by atoms with E-state index in [2.05, 4.69) is 0 Å². The topological polar surface area (TPSA) is 158 Å². The van der Waals surface area contributed by atoms with Crippen molar-refractivity contribution in [3.63, 3.8) is 0 Å². The third-order valence-corrected chi connectivity index (χ3v) is 6.14. The number of carbonyl (C=O) groups is 2. The molecule has 0 aromatic heterocycles. The molecule has 1 saturated heterocycles. The minimum Gasteiger partial charge on any atom is -0.433 e. The molecule has 0 amide bonds. The van der Waals surface area contributed by atoms with Crippen LogP contribution in [0.2, 0.25) is 0 Å². The summed E-state index contributed by atoms with van der Waals surface area (Å²) in [6, 6.07) is 0. The van der Waals surface area contributed by atoms with Gasteiger partial charge in [0.25, 0.3) is 0 Å². The Balaban J connectivity index is 2.84. The summed E-state index contributed by atoms with van der Waals surface area (Å²) in [5.74, 6) is 0. The summed E-state index contributed by atoms with van der Waals surface area (Å²) < 4.78 is 38.5. The number of carbonyl (C=O) groups excluding carboxylic acids is 2. The van der Waals surface area contributed by atoms with Gasteiger partial charge in [-0.05, 0) is 45.7 Å².